The van der Waals surface area contributed by atoms with Crippen molar-refractivity contribution in [2.24, 2.45) is 0 Å². The number of rotatable bonds is 1. The molecule has 0 saturated carbocycles. The summed E-state index contributed by atoms with van der Waals surface area (Å²) >= 11 is 0. The van der Waals surface area contributed by atoms with Gasteiger partial charge in [0.2, 0.25) is 5.91 Å². The highest BCUT2D eigenvalue weighted by Gasteiger charge is 2.16. The van der Waals surface area contributed by atoms with E-state index in [4.69, 9.17) is 0 Å². The van der Waals surface area contributed by atoms with Crippen LogP contribution in [0.2, 0.25) is 0 Å². The summed E-state index contributed by atoms with van der Waals surface area (Å²) < 4.78 is 0. The van der Waals surface area contributed by atoms with Crippen molar-refractivity contribution in [2.45, 2.75) is 26.2 Å². The lowest BCUT2D eigenvalue weighted by Crippen LogP contribution is -2.06. The van der Waals surface area contributed by atoms with Gasteiger partial charge in [-0.3, -0.25) is 4.79 Å². The van der Waals surface area contributed by atoms with Crippen molar-refractivity contribution in [1.29, 1.82) is 0 Å². The molecule has 21 heavy (non-hydrogen) atoms. The molecule has 3 aromatic carbocycles. The van der Waals surface area contributed by atoms with Crippen LogP contribution < -0.4 is 5.32 Å². The van der Waals surface area contributed by atoms with Gasteiger partial charge in [-0.15, -0.1) is 0 Å². The number of amides is 1. The van der Waals surface area contributed by atoms with E-state index < -0.39 is 0 Å². The molecule has 2 heteroatoms. The van der Waals surface area contributed by atoms with Gasteiger partial charge < -0.3 is 5.32 Å². The fraction of sp³-hybridized carbons (Fsp3) is 0.211. The van der Waals surface area contributed by atoms with Gasteiger partial charge in [0.1, 0.15) is 0 Å². The number of hydrogen-bond acceptors (Lipinski definition) is 1. The van der Waals surface area contributed by atoms with Crippen LogP contribution in [0.3, 0.4) is 0 Å². The van der Waals surface area contributed by atoms with Crippen LogP contribution in [0.25, 0.3) is 21.5 Å². The summed E-state index contributed by atoms with van der Waals surface area (Å²) in [7, 11) is 0. The molecule has 0 aromatic heterocycles. The number of hydrogen-bond donors (Lipinski definition) is 1. The van der Waals surface area contributed by atoms with E-state index in [-0.39, 0.29) is 5.91 Å². The monoisotopic (exact) mass is 275 g/mol. The van der Waals surface area contributed by atoms with E-state index in [0.717, 1.165) is 17.5 Å². The van der Waals surface area contributed by atoms with Crippen molar-refractivity contribution in [3.05, 3.63) is 53.6 Å². The van der Waals surface area contributed by atoms with Crippen molar-refractivity contribution < 1.29 is 4.79 Å². The van der Waals surface area contributed by atoms with E-state index >= 15 is 0 Å². The zero-order valence-electron chi connectivity index (χ0n) is 12.1. The minimum absolute atomic E-state index is 0.0212. The van der Waals surface area contributed by atoms with Crippen molar-refractivity contribution in [3.8, 4) is 0 Å². The molecular weight excluding hydrogens is 258 g/mol. The highest BCUT2D eigenvalue weighted by Crippen LogP contribution is 2.37. The number of carbonyl (C=O) groups is 1. The first-order chi connectivity index (χ1) is 10.2. The molecule has 0 spiro atoms. The Morgan fingerprint density at radius 1 is 0.952 bits per heavy atom. The third kappa shape index (κ3) is 1.90. The first-order valence-electron chi connectivity index (χ1n) is 7.48. The van der Waals surface area contributed by atoms with E-state index in [0.29, 0.717) is 0 Å². The van der Waals surface area contributed by atoms with Crippen LogP contribution >= 0.6 is 0 Å². The van der Waals surface area contributed by atoms with E-state index in [1.807, 2.05) is 6.07 Å². The zero-order valence-corrected chi connectivity index (χ0v) is 12.1. The predicted octanol–water partition coefficient (Wildman–Crippen LogP) is 4.44. The molecule has 1 N–H and O–H groups in total. The number of nitrogens with one attached hydrogen (secondary N) is 1. The summed E-state index contributed by atoms with van der Waals surface area (Å²) in [5.74, 6) is -0.0212. The standard InChI is InChI=1S/C19H17NO/c1-12(21)20-19-11-18-14-8-4-5-13(14)9-10-16(18)15-6-2-3-7-17(15)19/h2-3,6-7,9-11H,4-5,8H2,1H3,(H,20,21). The maximum absolute atomic E-state index is 11.5. The predicted molar refractivity (Wildman–Crippen MR) is 87.8 cm³/mol. The number of aryl methyl sites for hydroxylation is 2. The minimum atomic E-state index is -0.0212. The SMILES string of the molecule is CC(=O)Nc1cc2c3c(ccc2c2ccccc12)CCC3. The molecule has 0 saturated heterocycles. The second kappa shape index (κ2) is 4.59. The van der Waals surface area contributed by atoms with Crippen LogP contribution in [0.1, 0.15) is 24.5 Å². The molecule has 1 amide bonds. The Hall–Kier alpha value is -2.35. The van der Waals surface area contributed by atoms with Gasteiger partial charge in [0.05, 0.1) is 0 Å². The number of benzene rings is 3. The van der Waals surface area contributed by atoms with E-state index in [1.165, 1.54) is 40.1 Å². The van der Waals surface area contributed by atoms with Gasteiger partial charge in [0.15, 0.2) is 0 Å². The first kappa shape index (κ1) is 12.4. The Balaban J connectivity index is 2.13. The molecule has 2 nitrogen and oxygen atoms in total. The van der Waals surface area contributed by atoms with E-state index in [1.54, 1.807) is 6.92 Å². The number of anilines is 1. The molecule has 4 rings (SSSR count). The topological polar surface area (TPSA) is 29.1 Å². The molecule has 0 heterocycles. The molecule has 0 unspecified atom stereocenters. The summed E-state index contributed by atoms with van der Waals surface area (Å²) in [6, 6.07) is 15.0. The fourth-order valence-electron chi connectivity index (χ4n) is 3.56. The third-order valence-electron chi connectivity index (χ3n) is 4.43. The average molecular weight is 275 g/mol. The van der Waals surface area contributed by atoms with Gasteiger partial charge in [-0.05, 0) is 52.6 Å². The molecule has 0 fully saturated rings. The lowest BCUT2D eigenvalue weighted by molar-refractivity contribution is -0.114. The van der Waals surface area contributed by atoms with E-state index in [2.05, 4.69) is 41.7 Å². The van der Waals surface area contributed by atoms with E-state index in [9.17, 15) is 4.79 Å². The second-order valence-corrected chi connectivity index (χ2v) is 5.80. The van der Waals surface area contributed by atoms with Crippen molar-refractivity contribution in [3.63, 3.8) is 0 Å². The van der Waals surface area contributed by atoms with Gasteiger partial charge in [-0.1, -0.05) is 36.4 Å². The van der Waals surface area contributed by atoms with Gasteiger partial charge in [-0.25, -0.2) is 0 Å². The Morgan fingerprint density at radius 3 is 2.52 bits per heavy atom. The quantitative estimate of drug-likeness (QED) is 0.653. The molecule has 0 aliphatic heterocycles. The first-order valence-corrected chi connectivity index (χ1v) is 7.48. The zero-order chi connectivity index (χ0) is 14.4. The summed E-state index contributed by atoms with van der Waals surface area (Å²) in [6.45, 7) is 1.56. The summed E-state index contributed by atoms with van der Waals surface area (Å²) in [5, 5.41) is 7.91. The average Bonchev–Trinajstić information content (AvgIpc) is 2.95. The summed E-state index contributed by atoms with van der Waals surface area (Å²) in [6.07, 6.45) is 3.55. The van der Waals surface area contributed by atoms with Crippen LogP contribution in [0.15, 0.2) is 42.5 Å². The van der Waals surface area contributed by atoms with Crippen LogP contribution in [0.5, 0.6) is 0 Å². The van der Waals surface area contributed by atoms with Crippen molar-refractivity contribution in [1.82, 2.24) is 0 Å². The highest BCUT2D eigenvalue weighted by atomic mass is 16.1. The Bertz CT molecular complexity index is 879. The Kier molecular flexibility index (Phi) is 2.71. The maximum atomic E-state index is 11.5. The normalized spacial score (nSPS) is 13.6. The van der Waals surface area contributed by atoms with Gasteiger partial charge >= 0.3 is 0 Å². The minimum Gasteiger partial charge on any atom is -0.326 e. The van der Waals surface area contributed by atoms with Gasteiger partial charge in [-0.2, -0.15) is 0 Å². The summed E-state index contributed by atoms with van der Waals surface area (Å²) in [4.78, 5) is 11.5. The third-order valence-corrected chi connectivity index (χ3v) is 4.43. The highest BCUT2D eigenvalue weighted by molar-refractivity contribution is 6.16. The van der Waals surface area contributed by atoms with Crippen LogP contribution in [0, 0.1) is 0 Å². The van der Waals surface area contributed by atoms with Crippen molar-refractivity contribution >= 4 is 33.1 Å². The molecule has 1 aliphatic rings. The lowest BCUT2D eigenvalue weighted by Gasteiger charge is -2.13. The van der Waals surface area contributed by atoms with Crippen molar-refractivity contribution in [2.75, 3.05) is 5.32 Å². The largest absolute Gasteiger partial charge is 0.326 e. The number of carbonyl (C=O) groups excluding carboxylic acids is 1. The Labute approximate surface area is 123 Å². The fourth-order valence-corrected chi connectivity index (χ4v) is 3.56. The molecule has 0 radical (unpaired) electrons. The molecule has 3 aromatic rings. The maximum Gasteiger partial charge on any atom is 0.221 e. The van der Waals surface area contributed by atoms with Gasteiger partial charge in [0.25, 0.3) is 0 Å². The molecule has 1 aliphatic carbocycles. The molecular formula is C19H17NO. The Morgan fingerprint density at radius 2 is 1.71 bits per heavy atom. The molecule has 104 valence electrons. The second-order valence-electron chi connectivity index (χ2n) is 5.80. The summed E-state index contributed by atoms with van der Waals surface area (Å²) in [5.41, 5.74) is 3.85. The van der Waals surface area contributed by atoms with Gasteiger partial charge in [0, 0.05) is 18.0 Å². The van der Waals surface area contributed by atoms with Crippen LogP contribution in [-0.2, 0) is 17.6 Å². The van der Waals surface area contributed by atoms with Crippen LogP contribution in [-0.4, -0.2) is 5.91 Å². The smallest absolute Gasteiger partial charge is 0.221 e. The molecule has 0 bridgehead atoms. The van der Waals surface area contributed by atoms with Crippen LogP contribution in [0.4, 0.5) is 5.69 Å². The molecule has 0 atom stereocenters. The number of fused-ring (bicyclic) bond motifs is 5. The lowest BCUT2D eigenvalue weighted by atomic mass is 9.95.